The number of methoxy groups -OCH3 is 1. The molecular weight excluding hydrogens is 314 g/mol. The predicted octanol–water partition coefficient (Wildman–Crippen LogP) is 3.81. The van der Waals surface area contributed by atoms with E-state index in [2.05, 4.69) is 10.6 Å². The van der Waals surface area contributed by atoms with Gasteiger partial charge in [0.05, 0.1) is 12.8 Å². The van der Waals surface area contributed by atoms with E-state index in [1.165, 1.54) is 6.20 Å². The molecule has 0 bridgehead atoms. The molecule has 0 aliphatic rings. The number of carbonyl (C=O) groups is 1. The molecule has 0 heterocycles. The Labute approximate surface area is 139 Å². The summed E-state index contributed by atoms with van der Waals surface area (Å²) in [4.78, 5) is 12.1. The lowest BCUT2D eigenvalue weighted by Crippen LogP contribution is -2.14. The van der Waals surface area contributed by atoms with E-state index < -0.39 is 5.91 Å². The molecule has 2 aromatic rings. The maximum absolute atomic E-state index is 12.1. The molecule has 0 saturated carbocycles. The van der Waals surface area contributed by atoms with Crippen LogP contribution in [0.25, 0.3) is 0 Å². The van der Waals surface area contributed by atoms with Crippen LogP contribution in [0.2, 0.25) is 5.02 Å². The van der Waals surface area contributed by atoms with E-state index in [9.17, 15) is 4.79 Å². The summed E-state index contributed by atoms with van der Waals surface area (Å²) in [6.45, 7) is 0. The number of amides is 1. The lowest BCUT2D eigenvalue weighted by atomic mass is 10.2. The number of nitrogens with one attached hydrogen (secondary N) is 2. The van der Waals surface area contributed by atoms with E-state index in [1.54, 1.807) is 43.5 Å². The van der Waals surface area contributed by atoms with Crippen molar-refractivity contribution in [2.45, 2.75) is 0 Å². The largest absolute Gasteiger partial charge is 0.495 e. The number of para-hydroxylation sites is 2. The second-order valence-corrected chi connectivity index (χ2v) is 4.91. The van der Waals surface area contributed by atoms with Crippen molar-refractivity contribution in [2.24, 2.45) is 0 Å². The average molecular weight is 328 g/mol. The second kappa shape index (κ2) is 7.87. The normalized spacial score (nSPS) is 10.6. The van der Waals surface area contributed by atoms with Crippen LogP contribution in [0, 0.1) is 11.3 Å². The van der Waals surface area contributed by atoms with E-state index in [-0.39, 0.29) is 5.57 Å². The van der Waals surface area contributed by atoms with Crippen LogP contribution in [0.3, 0.4) is 0 Å². The summed E-state index contributed by atoms with van der Waals surface area (Å²) in [5, 5.41) is 15.2. The Morgan fingerprint density at radius 2 is 1.91 bits per heavy atom. The minimum atomic E-state index is -0.516. The topological polar surface area (TPSA) is 74.1 Å². The van der Waals surface area contributed by atoms with Gasteiger partial charge in [-0.15, -0.1) is 0 Å². The lowest BCUT2D eigenvalue weighted by Gasteiger charge is -2.08. The van der Waals surface area contributed by atoms with Crippen LogP contribution in [0.15, 0.2) is 60.3 Å². The van der Waals surface area contributed by atoms with Crippen molar-refractivity contribution in [1.29, 1.82) is 5.26 Å². The van der Waals surface area contributed by atoms with Crippen molar-refractivity contribution < 1.29 is 9.53 Å². The molecule has 5 nitrogen and oxygen atoms in total. The first-order valence-corrected chi connectivity index (χ1v) is 7.08. The highest BCUT2D eigenvalue weighted by molar-refractivity contribution is 6.30. The van der Waals surface area contributed by atoms with Gasteiger partial charge in [-0.3, -0.25) is 4.79 Å². The van der Waals surface area contributed by atoms with Crippen LogP contribution in [0.4, 0.5) is 11.4 Å². The number of carbonyl (C=O) groups excluding carboxylic acids is 1. The van der Waals surface area contributed by atoms with Gasteiger partial charge < -0.3 is 15.4 Å². The van der Waals surface area contributed by atoms with Crippen LogP contribution in [0.1, 0.15) is 0 Å². The quantitative estimate of drug-likeness (QED) is 0.647. The molecule has 116 valence electrons. The van der Waals surface area contributed by atoms with Gasteiger partial charge in [0, 0.05) is 16.9 Å². The standard InChI is InChI=1S/C17H14ClN3O2/c1-23-16-5-3-2-4-15(16)20-11-12(10-19)17(22)21-14-8-6-13(18)7-9-14/h2-9,11,20H,1H3,(H,21,22)/b12-11-. The van der Waals surface area contributed by atoms with Crippen molar-refractivity contribution in [3.8, 4) is 11.8 Å². The van der Waals surface area contributed by atoms with Gasteiger partial charge in [0.2, 0.25) is 0 Å². The molecule has 6 heteroatoms. The van der Waals surface area contributed by atoms with Gasteiger partial charge in [-0.25, -0.2) is 0 Å². The molecule has 0 saturated heterocycles. The Morgan fingerprint density at radius 1 is 1.22 bits per heavy atom. The molecule has 2 rings (SSSR count). The summed E-state index contributed by atoms with van der Waals surface area (Å²) >= 11 is 5.79. The first kappa shape index (κ1) is 16.4. The fraction of sp³-hybridized carbons (Fsp3) is 0.0588. The van der Waals surface area contributed by atoms with Crippen molar-refractivity contribution in [1.82, 2.24) is 0 Å². The second-order valence-electron chi connectivity index (χ2n) is 4.48. The maximum atomic E-state index is 12.1. The number of hydrogen-bond donors (Lipinski definition) is 2. The van der Waals surface area contributed by atoms with Crippen LogP contribution in [-0.2, 0) is 4.79 Å². The molecular formula is C17H14ClN3O2. The van der Waals surface area contributed by atoms with Crippen molar-refractivity contribution in [3.63, 3.8) is 0 Å². The van der Waals surface area contributed by atoms with Gasteiger partial charge >= 0.3 is 0 Å². The van der Waals surface area contributed by atoms with Gasteiger partial charge in [-0.2, -0.15) is 5.26 Å². The van der Waals surface area contributed by atoms with Gasteiger partial charge in [0.15, 0.2) is 0 Å². The zero-order chi connectivity index (χ0) is 16.7. The Balaban J connectivity index is 2.10. The highest BCUT2D eigenvalue weighted by Crippen LogP contribution is 2.23. The Kier molecular flexibility index (Phi) is 5.61. The molecule has 0 aliphatic heterocycles. The van der Waals surface area contributed by atoms with Gasteiger partial charge in [0.1, 0.15) is 17.4 Å². The molecule has 0 aliphatic carbocycles. The summed E-state index contributed by atoms with van der Waals surface area (Å²) in [7, 11) is 1.54. The summed E-state index contributed by atoms with van der Waals surface area (Å²) < 4.78 is 5.19. The minimum absolute atomic E-state index is 0.0640. The summed E-state index contributed by atoms with van der Waals surface area (Å²) in [5.41, 5.74) is 1.14. The zero-order valence-electron chi connectivity index (χ0n) is 12.3. The van der Waals surface area contributed by atoms with Crippen molar-refractivity contribution in [2.75, 3.05) is 17.7 Å². The third-order valence-electron chi connectivity index (χ3n) is 2.95. The molecule has 0 aromatic heterocycles. The SMILES string of the molecule is COc1ccccc1N/C=C(/C#N)C(=O)Nc1ccc(Cl)cc1. The van der Waals surface area contributed by atoms with Gasteiger partial charge in [-0.1, -0.05) is 23.7 Å². The molecule has 2 aromatic carbocycles. The number of benzene rings is 2. The average Bonchev–Trinajstić information content (AvgIpc) is 2.58. The van der Waals surface area contributed by atoms with Gasteiger partial charge in [-0.05, 0) is 36.4 Å². The smallest absolute Gasteiger partial charge is 0.267 e. The highest BCUT2D eigenvalue weighted by Gasteiger charge is 2.10. The van der Waals surface area contributed by atoms with E-state index in [0.717, 1.165) is 0 Å². The van der Waals surface area contributed by atoms with Crippen molar-refractivity contribution in [3.05, 3.63) is 65.3 Å². The summed E-state index contributed by atoms with van der Waals surface area (Å²) in [6, 6.07) is 15.7. The van der Waals surface area contributed by atoms with E-state index >= 15 is 0 Å². The van der Waals surface area contributed by atoms with Crippen LogP contribution < -0.4 is 15.4 Å². The number of ether oxygens (including phenoxy) is 1. The maximum Gasteiger partial charge on any atom is 0.267 e. The molecule has 2 N–H and O–H groups in total. The number of anilines is 2. The zero-order valence-corrected chi connectivity index (χ0v) is 13.1. The van der Waals surface area contributed by atoms with Crippen molar-refractivity contribution >= 4 is 28.9 Å². The Bertz CT molecular complexity index is 764. The number of nitriles is 1. The monoisotopic (exact) mass is 327 g/mol. The molecule has 0 unspecified atom stereocenters. The lowest BCUT2D eigenvalue weighted by molar-refractivity contribution is -0.112. The summed E-state index contributed by atoms with van der Waals surface area (Å²) in [5.74, 6) is 0.0939. The highest BCUT2D eigenvalue weighted by atomic mass is 35.5. The molecule has 0 fully saturated rings. The Morgan fingerprint density at radius 3 is 2.57 bits per heavy atom. The number of halogens is 1. The molecule has 1 amide bonds. The predicted molar refractivity (Wildman–Crippen MR) is 90.4 cm³/mol. The van der Waals surface area contributed by atoms with Gasteiger partial charge in [0.25, 0.3) is 5.91 Å². The first-order chi connectivity index (χ1) is 11.1. The van der Waals surface area contributed by atoms with E-state index in [0.29, 0.717) is 22.1 Å². The van der Waals surface area contributed by atoms with Crippen LogP contribution in [0.5, 0.6) is 5.75 Å². The molecule has 0 radical (unpaired) electrons. The minimum Gasteiger partial charge on any atom is -0.495 e. The Hall–Kier alpha value is -2.97. The molecule has 23 heavy (non-hydrogen) atoms. The first-order valence-electron chi connectivity index (χ1n) is 6.71. The van der Waals surface area contributed by atoms with E-state index in [4.69, 9.17) is 21.6 Å². The molecule has 0 atom stereocenters. The fourth-order valence-corrected chi connectivity index (χ4v) is 1.92. The third kappa shape index (κ3) is 4.50. The summed E-state index contributed by atoms with van der Waals surface area (Å²) in [6.07, 6.45) is 1.34. The number of nitrogens with zero attached hydrogens (tertiary/aromatic N) is 1. The fourth-order valence-electron chi connectivity index (χ4n) is 1.79. The van der Waals surface area contributed by atoms with Crippen LogP contribution >= 0.6 is 11.6 Å². The van der Waals surface area contributed by atoms with Crippen LogP contribution in [-0.4, -0.2) is 13.0 Å². The third-order valence-corrected chi connectivity index (χ3v) is 3.20. The van der Waals surface area contributed by atoms with E-state index in [1.807, 2.05) is 18.2 Å². The number of hydrogen-bond acceptors (Lipinski definition) is 4. The molecule has 0 spiro atoms. The number of rotatable bonds is 5.